The molecule has 0 aliphatic carbocycles. The molecule has 0 aromatic rings. The van der Waals surface area contributed by atoms with Crippen LogP contribution in [0.4, 0.5) is 0 Å². The zero-order valence-corrected chi connectivity index (χ0v) is 20.7. The monoisotopic (exact) mass is 429 g/mol. The number of carbonyl (C=O) groups excluding carboxylic acids is 1. The summed E-state index contributed by atoms with van der Waals surface area (Å²) >= 11 is 0. The second-order valence-electron chi connectivity index (χ2n) is 8.77. The molecule has 0 aliphatic rings. The fraction of sp³-hybridized carbons (Fsp3) is 0.690. The molecule has 2 nitrogen and oxygen atoms in total. The first-order valence-electron chi connectivity index (χ1n) is 13.2. The molecule has 0 spiro atoms. The summed E-state index contributed by atoms with van der Waals surface area (Å²) in [6.07, 6.45) is 38.3. The Morgan fingerprint density at radius 3 is 1.52 bits per heavy atom. The van der Waals surface area contributed by atoms with Crippen molar-refractivity contribution in [2.45, 2.75) is 123 Å². The van der Waals surface area contributed by atoms with E-state index in [9.17, 15) is 4.79 Å². The van der Waals surface area contributed by atoms with Crippen LogP contribution in [0.5, 0.6) is 0 Å². The van der Waals surface area contributed by atoms with Crippen LogP contribution in [-0.4, -0.2) is 5.91 Å². The lowest BCUT2D eigenvalue weighted by molar-refractivity contribution is -0.122. The first kappa shape index (κ1) is 29.4. The van der Waals surface area contributed by atoms with Gasteiger partial charge >= 0.3 is 0 Å². The highest BCUT2D eigenvalue weighted by molar-refractivity contribution is 5.76. The molecule has 0 saturated carbocycles. The van der Waals surface area contributed by atoms with Crippen molar-refractivity contribution >= 4 is 5.91 Å². The van der Waals surface area contributed by atoms with E-state index in [0.29, 0.717) is 0 Å². The fourth-order valence-electron chi connectivity index (χ4n) is 3.79. The molecule has 0 bridgehead atoms. The van der Waals surface area contributed by atoms with Crippen LogP contribution in [0, 0.1) is 5.92 Å². The highest BCUT2D eigenvalue weighted by Crippen LogP contribution is 2.17. The Morgan fingerprint density at radius 1 is 0.581 bits per heavy atom. The summed E-state index contributed by atoms with van der Waals surface area (Å²) < 4.78 is 0. The van der Waals surface area contributed by atoms with Crippen LogP contribution in [0.1, 0.15) is 123 Å². The summed E-state index contributed by atoms with van der Waals surface area (Å²) in [5.41, 5.74) is 5.46. The minimum absolute atomic E-state index is 0.105. The third-order valence-electron chi connectivity index (χ3n) is 5.76. The van der Waals surface area contributed by atoms with Crippen LogP contribution in [0.2, 0.25) is 0 Å². The molecule has 31 heavy (non-hydrogen) atoms. The predicted octanol–water partition coefficient (Wildman–Crippen LogP) is 8.98. The van der Waals surface area contributed by atoms with Gasteiger partial charge in [0.15, 0.2) is 0 Å². The van der Waals surface area contributed by atoms with Gasteiger partial charge in [-0.3, -0.25) is 4.79 Å². The van der Waals surface area contributed by atoms with E-state index in [4.69, 9.17) is 5.73 Å². The van der Waals surface area contributed by atoms with E-state index in [0.717, 1.165) is 25.7 Å². The third kappa shape index (κ3) is 22.9. The molecular weight excluding hydrogens is 378 g/mol. The fourth-order valence-corrected chi connectivity index (χ4v) is 3.79. The summed E-state index contributed by atoms with van der Waals surface area (Å²) in [6.45, 7) is 4.36. The quantitative estimate of drug-likeness (QED) is 0.135. The third-order valence-corrected chi connectivity index (χ3v) is 5.76. The van der Waals surface area contributed by atoms with Crippen LogP contribution >= 0.6 is 0 Å². The average Bonchev–Trinajstić information content (AvgIpc) is 2.76. The van der Waals surface area contributed by atoms with Crippen LogP contribution in [0.15, 0.2) is 48.6 Å². The smallest absolute Gasteiger partial charge is 0.220 e. The Hall–Kier alpha value is -1.57. The van der Waals surface area contributed by atoms with Crippen molar-refractivity contribution in [1.29, 1.82) is 0 Å². The number of hydrogen-bond acceptors (Lipinski definition) is 1. The van der Waals surface area contributed by atoms with E-state index in [1.54, 1.807) is 0 Å². The Bertz CT molecular complexity index is 501. The van der Waals surface area contributed by atoms with Gasteiger partial charge in [0.25, 0.3) is 0 Å². The molecular formula is C29H51NO. The van der Waals surface area contributed by atoms with Gasteiger partial charge in [0.2, 0.25) is 5.91 Å². The van der Waals surface area contributed by atoms with Gasteiger partial charge < -0.3 is 5.73 Å². The first-order valence-corrected chi connectivity index (χ1v) is 13.2. The summed E-state index contributed by atoms with van der Waals surface area (Å²) in [5, 5.41) is 0. The molecule has 0 radical (unpaired) electrons. The standard InChI is InChI=1S/C29H51NO/c1-3-5-6-7-8-9-10-11-12-13-14-15-16-17-18-19-20-21-22-23-24-25-27-28(26-4-2)29(30)31/h8-15,28H,3-7,16-27H2,1-2H3,(H2,30,31)/b9-8+,11-10+,13-12+,15-14+. The van der Waals surface area contributed by atoms with Crippen molar-refractivity contribution in [3.05, 3.63) is 48.6 Å². The number of rotatable bonds is 22. The second kappa shape index (κ2) is 24.7. The van der Waals surface area contributed by atoms with Gasteiger partial charge in [-0.25, -0.2) is 0 Å². The van der Waals surface area contributed by atoms with Gasteiger partial charge in [0, 0.05) is 5.92 Å². The molecule has 0 saturated heterocycles. The Morgan fingerprint density at radius 2 is 1.03 bits per heavy atom. The Labute approximate surface area is 194 Å². The van der Waals surface area contributed by atoms with Crippen LogP contribution in [0.3, 0.4) is 0 Å². The van der Waals surface area contributed by atoms with Crippen LogP contribution < -0.4 is 5.73 Å². The maximum absolute atomic E-state index is 11.3. The SMILES string of the molecule is CCCCC/C=C/C=C/C=C/C=C/CCCCCCCCCCCC(CCC)C(N)=O. The molecule has 1 amide bonds. The molecule has 178 valence electrons. The molecule has 0 rings (SSSR count). The van der Waals surface area contributed by atoms with Crippen LogP contribution in [0.25, 0.3) is 0 Å². The molecule has 0 heterocycles. The largest absolute Gasteiger partial charge is 0.369 e. The van der Waals surface area contributed by atoms with Crippen molar-refractivity contribution < 1.29 is 4.79 Å². The maximum atomic E-state index is 11.3. The maximum Gasteiger partial charge on any atom is 0.220 e. The van der Waals surface area contributed by atoms with E-state index in [-0.39, 0.29) is 11.8 Å². The molecule has 1 unspecified atom stereocenters. The highest BCUT2D eigenvalue weighted by atomic mass is 16.1. The van der Waals surface area contributed by atoms with E-state index in [1.165, 1.54) is 83.5 Å². The highest BCUT2D eigenvalue weighted by Gasteiger charge is 2.12. The minimum atomic E-state index is -0.106. The summed E-state index contributed by atoms with van der Waals surface area (Å²) in [5.74, 6) is -0.00116. The van der Waals surface area contributed by atoms with Crippen molar-refractivity contribution in [2.24, 2.45) is 11.7 Å². The number of allylic oxidation sites excluding steroid dienone is 8. The van der Waals surface area contributed by atoms with Gasteiger partial charge in [0.05, 0.1) is 0 Å². The van der Waals surface area contributed by atoms with Gasteiger partial charge in [-0.2, -0.15) is 0 Å². The number of primary amides is 1. The number of hydrogen-bond donors (Lipinski definition) is 1. The normalized spacial score (nSPS) is 13.4. The van der Waals surface area contributed by atoms with Crippen LogP contribution in [-0.2, 0) is 4.79 Å². The minimum Gasteiger partial charge on any atom is -0.369 e. The average molecular weight is 430 g/mol. The molecule has 0 fully saturated rings. The van der Waals surface area contributed by atoms with Gasteiger partial charge in [-0.1, -0.05) is 133 Å². The van der Waals surface area contributed by atoms with Crippen molar-refractivity contribution in [3.8, 4) is 0 Å². The number of amides is 1. The summed E-state index contributed by atoms with van der Waals surface area (Å²) in [7, 11) is 0. The van der Waals surface area contributed by atoms with Gasteiger partial charge in [0.1, 0.15) is 0 Å². The summed E-state index contributed by atoms with van der Waals surface area (Å²) in [4.78, 5) is 11.3. The van der Waals surface area contributed by atoms with Crippen molar-refractivity contribution in [3.63, 3.8) is 0 Å². The molecule has 0 aromatic carbocycles. The second-order valence-corrected chi connectivity index (χ2v) is 8.77. The number of unbranched alkanes of at least 4 members (excludes halogenated alkanes) is 12. The predicted molar refractivity (Wildman–Crippen MR) is 139 cm³/mol. The lowest BCUT2D eigenvalue weighted by atomic mass is 9.95. The van der Waals surface area contributed by atoms with E-state index in [2.05, 4.69) is 62.5 Å². The Balaban J connectivity index is 3.41. The zero-order chi connectivity index (χ0) is 22.8. The van der Waals surface area contributed by atoms with E-state index < -0.39 is 0 Å². The lowest BCUT2D eigenvalue weighted by Gasteiger charge is -2.11. The first-order chi connectivity index (χ1) is 15.2. The van der Waals surface area contributed by atoms with Gasteiger partial charge in [-0.15, -0.1) is 0 Å². The van der Waals surface area contributed by atoms with E-state index >= 15 is 0 Å². The van der Waals surface area contributed by atoms with Crippen molar-refractivity contribution in [2.75, 3.05) is 0 Å². The molecule has 2 heteroatoms. The molecule has 0 aliphatic heterocycles. The number of carbonyl (C=O) groups is 1. The topological polar surface area (TPSA) is 43.1 Å². The summed E-state index contributed by atoms with van der Waals surface area (Å²) in [6, 6.07) is 0. The zero-order valence-electron chi connectivity index (χ0n) is 20.7. The Kier molecular flexibility index (Phi) is 23.4. The molecule has 2 N–H and O–H groups in total. The van der Waals surface area contributed by atoms with E-state index in [1.807, 2.05) is 0 Å². The van der Waals surface area contributed by atoms with Gasteiger partial charge in [-0.05, 0) is 38.5 Å². The number of nitrogens with two attached hydrogens (primary N) is 1. The molecule has 0 aromatic heterocycles. The lowest BCUT2D eigenvalue weighted by Crippen LogP contribution is -2.23. The molecule has 1 atom stereocenters. The van der Waals surface area contributed by atoms with Crippen molar-refractivity contribution in [1.82, 2.24) is 0 Å².